The first kappa shape index (κ1) is 37.3. The van der Waals surface area contributed by atoms with E-state index >= 15 is 0 Å². The van der Waals surface area contributed by atoms with Crippen molar-refractivity contribution in [3.8, 4) is 39.7 Å². The maximum Gasteiger partial charge on any atom is 0.344 e. The molecule has 0 bridgehead atoms. The summed E-state index contributed by atoms with van der Waals surface area (Å²) < 4.78 is 15.9. The molecule has 4 rings (SSSR count). The van der Waals surface area contributed by atoms with E-state index in [0.717, 1.165) is 47.2 Å². The van der Waals surface area contributed by atoms with Crippen LogP contribution in [0.5, 0.6) is 5.75 Å². The highest BCUT2D eigenvalue weighted by Crippen LogP contribution is 2.34. The molecule has 1 atom stereocenters. The van der Waals surface area contributed by atoms with Crippen LogP contribution in [0.4, 0.5) is 0 Å². The molecule has 0 spiro atoms. The molecule has 0 radical (unpaired) electrons. The first-order chi connectivity index (χ1) is 24.2. The molecular weight excluding hydrogens is 636 g/mol. The molecule has 50 heavy (non-hydrogen) atoms. The zero-order valence-corrected chi connectivity index (χ0v) is 28.7. The van der Waals surface area contributed by atoms with Gasteiger partial charge in [0.25, 0.3) is 0 Å². The summed E-state index contributed by atoms with van der Waals surface area (Å²) in [4.78, 5) is 44.1. The zero-order chi connectivity index (χ0) is 35.9. The van der Waals surface area contributed by atoms with E-state index in [9.17, 15) is 19.5 Å². The number of H-pyrrole nitrogens is 1. The summed E-state index contributed by atoms with van der Waals surface area (Å²) in [5.41, 5.74) is 5.40. The standard InChI is InChI=1S/C39H44N4O7/c1-4-6-22-48-35(46)25-50-31-19-17-29(18-20-31)37-36(28-11-8-26(9-12-28)10-21-34(45)41-3)42-38(43-37)30-15-13-27(14-16-30)32(40)24-33(44)39(47)49-23-7-5-2/h8-21,33,40,44H,4-7,22-25H2,1-3H3,(H,41,45)(H,42,43)/b21-10+,40-32?. The molecule has 1 amide bonds. The van der Waals surface area contributed by atoms with Gasteiger partial charge in [-0.25, -0.2) is 14.6 Å². The predicted molar refractivity (Wildman–Crippen MR) is 193 cm³/mol. The highest BCUT2D eigenvalue weighted by molar-refractivity contribution is 6.00. The summed E-state index contributed by atoms with van der Waals surface area (Å²) in [6.07, 6.45) is 4.95. The number of aromatic amines is 1. The Morgan fingerprint density at radius 2 is 1.50 bits per heavy atom. The predicted octanol–water partition coefficient (Wildman–Crippen LogP) is 6.35. The summed E-state index contributed by atoms with van der Waals surface area (Å²) >= 11 is 0. The molecule has 0 saturated heterocycles. The number of benzene rings is 3. The first-order valence-corrected chi connectivity index (χ1v) is 16.7. The van der Waals surface area contributed by atoms with E-state index in [-0.39, 0.29) is 31.3 Å². The topological polar surface area (TPSA) is 164 Å². The molecule has 4 N–H and O–H groups in total. The Hall–Kier alpha value is -5.55. The number of aliphatic hydroxyl groups excluding tert-OH is 1. The Kier molecular flexibility index (Phi) is 14.1. The van der Waals surface area contributed by atoms with Crippen molar-refractivity contribution in [2.24, 2.45) is 0 Å². The molecule has 0 fully saturated rings. The number of nitrogens with one attached hydrogen (secondary N) is 3. The number of esters is 2. The average Bonchev–Trinajstić information content (AvgIpc) is 3.59. The second-order valence-corrected chi connectivity index (χ2v) is 11.6. The van der Waals surface area contributed by atoms with Crippen LogP contribution in [0, 0.1) is 5.41 Å². The fraction of sp³-hybridized carbons (Fsp3) is 0.308. The number of likely N-dealkylation sites (N-methyl/N-ethyl adjacent to an activating group) is 1. The van der Waals surface area contributed by atoms with Gasteiger partial charge in [0.05, 0.1) is 24.6 Å². The van der Waals surface area contributed by atoms with E-state index < -0.39 is 18.0 Å². The third-order valence-corrected chi connectivity index (χ3v) is 7.74. The largest absolute Gasteiger partial charge is 0.482 e. The number of aromatic nitrogens is 2. The van der Waals surface area contributed by atoms with Crippen molar-refractivity contribution in [1.29, 1.82) is 5.41 Å². The lowest BCUT2D eigenvalue weighted by Crippen LogP contribution is -2.26. The molecule has 262 valence electrons. The summed E-state index contributed by atoms with van der Waals surface area (Å²) in [6, 6.07) is 22.1. The van der Waals surface area contributed by atoms with E-state index in [1.165, 1.54) is 6.08 Å². The molecule has 1 heterocycles. The maximum atomic E-state index is 12.1. The average molecular weight is 681 g/mol. The minimum atomic E-state index is -1.41. The lowest BCUT2D eigenvalue weighted by molar-refractivity contribution is -0.153. The number of nitrogens with zero attached hydrogens (tertiary/aromatic N) is 1. The fourth-order valence-electron chi connectivity index (χ4n) is 4.80. The van der Waals surface area contributed by atoms with Gasteiger partial charge < -0.3 is 35.0 Å². The van der Waals surface area contributed by atoms with Crippen LogP contribution in [0.15, 0.2) is 78.9 Å². The molecule has 3 aromatic carbocycles. The number of unbranched alkanes of at least 4 members (excludes halogenated alkanes) is 2. The summed E-state index contributed by atoms with van der Waals surface area (Å²) in [5.74, 6) is -0.236. The number of rotatable bonds is 18. The second-order valence-electron chi connectivity index (χ2n) is 11.6. The van der Waals surface area contributed by atoms with Crippen LogP contribution in [-0.2, 0) is 23.9 Å². The number of ether oxygens (including phenoxy) is 3. The molecule has 0 aliphatic rings. The van der Waals surface area contributed by atoms with Crippen molar-refractivity contribution in [2.45, 2.75) is 52.1 Å². The molecule has 11 nitrogen and oxygen atoms in total. The van der Waals surface area contributed by atoms with Gasteiger partial charge in [-0.2, -0.15) is 0 Å². The summed E-state index contributed by atoms with van der Waals surface area (Å²) in [7, 11) is 1.57. The van der Waals surface area contributed by atoms with Crippen LogP contribution >= 0.6 is 0 Å². The van der Waals surface area contributed by atoms with Gasteiger partial charge in [0.2, 0.25) is 5.91 Å². The minimum absolute atomic E-state index is 0.111. The number of aliphatic hydroxyl groups is 1. The van der Waals surface area contributed by atoms with E-state index in [1.807, 2.05) is 62.4 Å². The monoisotopic (exact) mass is 680 g/mol. The number of carbonyl (C=O) groups is 3. The maximum absolute atomic E-state index is 12.1. The van der Waals surface area contributed by atoms with Gasteiger partial charge in [0.1, 0.15) is 11.6 Å². The van der Waals surface area contributed by atoms with E-state index in [1.54, 1.807) is 37.4 Å². The third-order valence-electron chi connectivity index (χ3n) is 7.74. The normalized spacial score (nSPS) is 11.6. The number of hydrogen-bond acceptors (Lipinski definition) is 9. The molecule has 1 unspecified atom stereocenters. The van der Waals surface area contributed by atoms with Crippen molar-refractivity contribution in [2.75, 3.05) is 26.9 Å². The Morgan fingerprint density at radius 3 is 2.14 bits per heavy atom. The molecular formula is C39H44N4O7. The van der Waals surface area contributed by atoms with Crippen LogP contribution < -0.4 is 10.1 Å². The third kappa shape index (κ3) is 10.7. The SMILES string of the molecule is CCCCOC(=O)COc1ccc(-c2nc(-c3ccc(C(=N)CC(O)C(=O)OCCCC)cc3)[nH]c2-c2ccc(/C=C/C(=O)NC)cc2)cc1. The number of carbonyl (C=O) groups excluding carboxylic acids is 3. The fourth-order valence-corrected chi connectivity index (χ4v) is 4.80. The Balaban J connectivity index is 1.57. The van der Waals surface area contributed by atoms with Crippen molar-refractivity contribution in [3.63, 3.8) is 0 Å². The lowest BCUT2D eigenvalue weighted by Gasteiger charge is -2.11. The number of imidazole rings is 1. The van der Waals surface area contributed by atoms with Gasteiger partial charge in [0, 0.05) is 41.9 Å². The second kappa shape index (κ2) is 18.8. The van der Waals surface area contributed by atoms with Gasteiger partial charge in [-0.05, 0) is 54.3 Å². The molecule has 11 heteroatoms. The van der Waals surface area contributed by atoms with Gasteiger partial charge in [0.15, 0.2) is 12.7 Å². The van der Waals surface area contributed by atoms with Crippen LogP contribution in [0.25, 0.3) is 40.0 Å². The summed E-state index contributed by atoms with van der Waals surface area (Å²) in [6.45, 7) is 4.44. The van der Waals surface area contributed by atoms with E-state index in [4.69, 9.17) is 24.6 Å². The van der Waals surface area contributed by atoms with E-state index in [0.29, 0.717) is 35.9 Å². The van der Waals surface area contributed by atoms with Crippen molar-refractivity contribution in [3.05, 3.63) is 90.0 Å². The van der Waals surface area contributed by atoms with Crippen molar-refractivity contribution in [1.82, 2.24) is 15.3 Å². The highest BCUT2D eigenvalue weighted by Gasteiger charge is 2.20. The smallest absolute Gasteiger partial charge is 0.344 e. The van der Waals surface area contributed by atoms with Crippen molar-refractivity contribution < 1.29 is 33.7 Å². The Morgan fingerprint density at radius 1 is 0.880 bits per heavy atom. The van der Waals surface area contributed by atoms with Crippen LogP contribution in [-0.4, -0.2) is 71.6 Å². The number of hydrogen-bond donors (Lipinski definition) is 4. The molecule has 0 saturated carbocycles. The molecule has 4 aromatic rings. The van der Waals surface area contributed by atoms with Crippen LogP contribution in [0.3, 0.4) is 0 Å². The Bertz CT molecular complexity index is 1760. The van der Waals surface area contributed by atoms with Gasteiger partial charge in [-0.3, -0.25) is 4.79 Å². The quantitative estimate of drug-likeness (QED) is 0.0409. The summed E-state index contributed by atoms with van der Waals surface area (Å²) in [5, 5.41) is 21.2. The van der Waals surface area contributed by atoms with Crippen molar-refractivity contribution >= 4 is 29.6 Å². The van der Waals surface area contributed by atoms with Gasteiger partial charge in [-0.1, -0.05) is 75.2 Å². The van der Waals surface area contributed by atoms with Gasteiger partial charge >= 0.3 is 11.9 Å². The zero-order valence-electron chi connectivity index (χ0n) is 28.7. The van der Waals surface area contributed by atoms with Crippen LogP contribution in [0.2, 0.25) is 0 Å². The van der Waals surface area contributed by atoms with E-state index in [2.05, 4.69) is 10.3 Å². The highest BCUT2D eigenvalue weighted by atomic mass is 16.6. The van der Waals surface area contributed by atoms with Gasteiger partial charge in [-0.15, -0.1) is 0 Å². The molecule has 0 aliphatic heterocycles. The first-order valence-electron chi connectivity index (χ1n) is 16.7. The van der Waals surface area contributed by atoms with Crippen LogP contribution in [0.1, 0.15) is 57.1 Å². The molecule has 1 aromatic heterocycles. The lowest BCUT2D eigenvalue weighted by atomic mass is 10.0. The molecule has 0 aliphatic carbocycles. The Labute approximate surface area is 292 Å². The number of amides is 1. The minimum Gasteiger partial charge on any atom is -0.482 e.